The molecule has 3 rings (SSSR count). The molecule has 1 atom stereocenters. The first-order chi connectivity index (χ1) is 13.0. The quantitative estimate of drug-likeness (QED) is 0.336. The maximum atomic E-state index is 12.2. The summed E-state index contributed by atoms with van der Waals surface area (Å²) in [5, 5.41) is 9.73. The third-order valence-corrected chi connectivity index (χ3v) is 5.30. The lowest BCUT2D eigenvalue weighted by atomic mass is 9.90. The average molecular weight is 500 g/mol. The van der Waals surface area contributed by atoms with Crippen molar-refractivity contribution in [2.24, 2.45) is 4.99 Å². The number of hydrogen-bond acceptors (Lipinski definition) is 3. The van der Waals surface area contributed by atoms with E-state index in [1.165, 1.54) is 19.3 Å². The van der Waals surface area contributed by atoms with Crippen LogP contribution < -0.4 is 20.7 Å². The van der Waals surface area contributed by atoms with Crippen LogP contribution in [0, 0.1) is 0 Å². The number of carbonyl (C=O) groups excluding carboxylic acids is 1. The number of halogens is 1. The van der Waals surface area contributed by atoms with E-state index in [1.54, 1.807) is 7.05 Å². The normalized spacial score (nSPS) is 21.5. The van der Waals surface area contributed by atoms with E-state index in [2.05, 4.69) is 40.9 Å². The van der Waals surface area contributed by atoms with E-state index < -0.39 is 0 Å². The molecule has 1 aliphatic heterocycles. The second kappa shape index (κ2) is 10.3. The second-order valence-electron chi connectivity index (χ2n) is 8.13. The maximum absolute atomic E-state index is 12.2. The van der Waals surface area contributed by atoms with E-state index in [4.69, 9.17) is 4.74 Å². The molecule has 6 nitrogen and oxygen atoms in total. The number of ether oxygens (including phenoxy) is 1. The molecule has 1 heterocycles. The highest BCUT2D eigenvalue weighted by Crippen LogP contribution is 2.39. The molecule has 1 amide bonds. The molecular weight excluding hydrogens is 467 g/mol. The van der Waals surface area contributed by atoms with Crippen LogP contribution in [0.5, 0.6) is 5.75 Å². The summed E-state index contributed by atoms with van der Waals surface area (Å²) < 4.78 is 6.08. The third kappa shape index (κ3) is 6.25. The Balaban J connectivity index is 0.00000280. The summed E-state index contributed by atoms with van der Waals surface area (Å²) in [7, 11) is 1.73. The smallest absolute Gasteiger partial charge is 0.239 e. The number of para-hydroxylation sites is 1. The predicted molar refractivity (Wildman–Crippen MR) is 123 cm³/mol. The number of fused-ring (bicyclic) bond motifs is 1. The second-order valence-corrected chi connectivity index (χ2v) is 8.13. The van der Waals surface area contributed by atoms with E-state index in [-0.39, 0.29) is 48.1 Å². The summed E-state index contributed by atoms with van der Waals surface area (Å²) in [6, 6.07) is 8.48. The zero-order chi connectivity index (χ0) is 19.3. The Bertz CT molecular complexity index is 687. The Labute approximate surface area is 185 Å². The lowest BCUT2D eigenvalue weighted by Crippen LogP contribution is -2.48. The fourth-order valence-electron chi connectivity index (χ4n) is 3.98. The molecule has 0 spiro atoms. The van der Waals surface area contributed by atoms with E-state index in [0.29, 0.717) is 12.0 Å². The van der Waals surface area contributed by atoms with Crippen molar-refractivity contribution in [3.63, 3.8) is 0 Å². The number of rotatable bonds is 4. The number of hydrogen-bond donors (Lipinski definition) is 3. The summed E-state index contributed by atoms with van der Waals surface area (Å²) in [4.78, 5) is 16.5. The van der Waals surface area contributed by atoms with Crippen LogP contribution in [-0.2, 0) is 4.79 Å². The largest absolute Gasteiger partial charge is 0.487 e. The van der Waals surface area contributed by atoms with E-state index in [9.17, 15) is 4.79 Å². The molecule has 1 aliphatic carbocycles. The molecule has 1 aromatic carbocycles. The molecule has 0 bridgehead atoms. The van der Waals surface area contributed by atoms with Crippen molar-refractivity contribution in [2.45, 2.75) is 70.1 Å². The SMILES string of the molecule is CN=C(NCC(=O)NC1CCCCC1)NC1CC(C)(C)Oc2ccccc21.I. The number of carbonyl (C=O) groups is 1. The summed E-state index contributed by atoms with van der Waals surface area (Å²) in [5.74, 6) is 1.56. The Morgan fingerprint density at radius 3 is 2.61 bits per heavy atom. The number of aliphatic imine (C=N–C) groups is 1. The summed E-state index contributed by atoms with van der Waals surface area (Å²) in [6.07, 6.45) is 6.70. The molecule has 1 aromatic rings. The first-order valence-electron chi connectivity index (χ1n) is 10.0. The van der Waals surface area contributed by atoms with Gasteiger partial charge in [-0.25, -0.2) is 0 Å². The van der Waals surface area contributed by atoms with Crippen LogP contribution in [-0.4, -0.2) is 37.1 Å². The molecule has 1 saturated carbocycles. The molecule has 7 heteroatoms. The number of nitrogens with one attached hydrogen (secondary N) is 3. The zero-order valence-electron chi connectivity index (χ0n) is 17.1. The van der Waals surface area contributed by atoms with Gasteiger partial charge in [-0.2, -0.15) is 0 Å². The maximum Gasteiger partial charge on any atom is 0.239 e. The summed E-state index contributed by atoms with van der Waals surface area (Å²) >= 11 is 0. The van der Waals surface area contributed by atoms with Gasteiger partial charge in [-0.15, -0.1) is 24.0 Å². The summed E-state index contributed by atoms with van der Waals surface area (Å²) in [6.45, 7) is 4.40. The van der Waals surface area contributed by atoms with Crippen LogP contribution in [0.4, 0.5) is 0 Å². The van der Waals surface area contributed by atoms with Crippen LogP contribution in [0.1, 0.15) is 64.0 Å². The molecule has 0 aromatic heterocycles. The van der Waals surface area contributed by atoms with Crippen molar-refractivity contribution in [1.82, 2.24) is 16.0 Å². The number of amides is 1. The Hall–Kier alpha value is -1.51. The molecule has 3 N–H and O–H groups in total. The topological polar surface area (TPSA) is 74.8 Å². The molecule has 28 heavy (non-hydrogen) atoms. The van der Waals surface area contributed by atoms with Gasteiger partial charge in [0.25, 0.3) is 0 Å². The molecule has 0 radical (unpaired) electrons. The van der Waals surface area contributed by atoms with Gasteiger partial charge in [-0.05, 0) is 32.8 Å². The number of nitrogens with zero attached hydrogens (tertiary/aromatic N) is 1. The van der Waals surface area contributed by atoms with Gasteiger partial charge in [0.2, 0.25) is 5.91 Å². The fraction of sp³-hybridized carbons (Fsp3) is 0.619. The summed E-state index contributed by atoms with van der Waals surface area (Å²) in [5.41, 5.74) is 0.856. The van der Waals surface area contributed by atoms with Crippen molar-refractivity contribution in [3.8, 4) is 5.75 Å². The Morgan fingerprint density at radius 1 is 1.18 bits per heavy atom. The highest BCUT2D eigenvalue weighted by Gasteiger charge is 2.34. The molecule has 2 aliphatic rings. The van der Waals surface area contributed by atoms with Crippen LogP contribution in [0.15, 0.2) is 29.3 Å². The molecule has 1 fully saturated rings. The van der Waals surface area contributed by atoms with Crippen molar-refractivity contribution in [2.75, 3.05) is 13.6 Å². The minimum atomic E-state index is -0.261. The first kappa shape index (κ1) is 22.8. The lowest BCUT2D eigenvalue weighted by Gasteiger charge is -2.38. The highest BCUT2D eigenvalue weighted by molar-refractivity contribution is 14.0. The van der Waals surface area contributed by atoms with Crippen molar-refractivity contribution >= 4 is 35.8 Å². The van der Waals surface area contributed by atoms with Gasteiger partial charge in [0.05, 0.1) is 12.6 Å². The van der Waals surface area contributed by atoms with Crippen LogP contribution in [0.2, 0.25) is 0 Å². The van der Waals surface area contributed by atoms with Crippen molar-refractivity contribution in [1.29, 1.82) is 0 Å². The third-order valence-electron chi connectivity index (χ3n) is 5.30. The lowest BCUT2D eigenvalue weighted by molar-refractivity contribution is -0.120. The Morgan fingerprint density at radius 2 is 1.89 bits per heavy atom. The van der Waals surface area contributed by atoms with Gasteiger partial charge in [0.1, 0.15) is 11.4 Å². The number of benzene rings is 1. The van der Waals surface area contributed by atoms with E-state index in [1.807, 2.05) is 18.2 Å². The standard InChI is InChI=1S/C21H32N4O2.HI/c1-21(2)13-17(16-11-7-8-12-18(16)27-21)25-20(22-3)23-14-19(26)24-15-9-5-4-6-10-15;/h7-8,11-12,15,17H,4-6,9-10,13-14H2,1-3H3,(H,24,26)(H2,22,23,25);1H. The zero-order valence-corrected chi connectivity index (χ0v) is 19.4. The van der Waals surface area contributed by atoms with Gasteiger partial charge in [-0.3, -0.25) is 9.79 Å². The van der Waals surface area contributed by atoms with Crippen molar-refractivity contribution < 1.29 is 9.53 Å². The molecular formula is C21H33IN4O2. The van der Waals surface area contributed by atoms with E-state index in [0.717, 1.165) is 30.6 Å². The van der Waals surface area contributed by atoms with Gasteiger partial charge in [0.15, 0.2) is 5.96 Å². The van der Waals surface area contributed by atoms with E-state index >= 15 is 0 Å². The van der Waals surface area contributed by atoms with Gasteiger partial charge in [0, 0.05) is 25.1 Å². The fourth-order valence-corrected chi connectivity index (χ4v) is 3.98. The van der Waals surface area contributed by atoms with Crippen molar-refractivity contribution in [3.05, 3.63) is 29.8 Å². The molecule has 156 valence electrons. The van der Waals surface area contributed by atoms with Crippen LogP contribution >= 0.6 is 24.0 Å². The highest BCUT2D eigenvalue weighted by atomic mass is 127. The minimum Gasteiger partial charge on any atom is -0.487 e. The first-order valence-corrected chi connectivity index (χ1v) is 10.0. The molecule has 0 saturated heterocycles. The van der Waals surface area contributed by atoms with Gasteiger partial charge >= 0.3 is 0 Å². The predicted octanol–water partition coefficient (Wildman–Crippen LogP) is 3.52. The van der Waals surface area contributed by atoms with Crippen LogP contribution in [0.3, 0.4) is 0 Å². The van der Waals surface area contributed by atoms with Gasteiger partial charge < -0.3 is 20.7 Å². The monoisotopic (exact) mass is 500 g/mol. The van der Waals surface area contributed by atoms with Gasteiger partial charge in [-0.1, -0.05) is 37.5 Å². The Kier molecular flexibility index (Phi) is 8.39. The van der Waals surface area contributed by atoms with Crippen LogP contribution in [0.25, 0.3) is 0 Å². The molecule has 1 unspecified atom stereocenters. The minimum absolute atomic E-state index is 0. The number of guanidine groups is 1. The average Bonchev–Trinajstić information content (AvgIpc) is 2.65.